The second-order valence-electron chi connectivity index (χ2n) is 7.89. The monoisotopic (exact) mass is 446 g/mol. The Morgan fingerprint density at radius 2 is 2.00 bits per heavy atom. The van der Waals surface area contributed by atoms with Crippen molar-refractivity contribution in [3.63, 3.8) is 0 Å². The summed E-state index contributed by atoms with van der Waals surface area (Å²) in [5.41, 5.74) is 1.14. The molecule has 2 aromatic carbocycles. The zero-order valence-corrected chi connectivity index (χ0v) is 19.2. The Hall–Kier alpha value is -2.16. The van der Waals surface area contributed by atoms with Crippen molar-refractivity contribution < 1.29 is 13.2 Å². The van der Waals surface area contributed by atoms with E-state index in [0.717, 1.165) is 24.8 Å². The third-order valence-electron chi connectivity index (χ3n) is 5.41. The van der Waals surface area contributed by atoms with Crippen molar-refractivity contribution in [3.8, 4) is 0 Å². The highest BCUT2D eigenvalue weighted by Crippen LogP contribution is 2.20. The number of nitrogens with one attached hydrogen (secondary N) is 3. The lowest BCUT2D eigenvalue weighted by Crippen LogP contribution is -2.40. The van der Waals surface area contributed by atoms with Crippen LogP contribution in [0.1, 0.15) is 44.7 Å². The molecule has 2 unspecified atom stereocenters. The van der Waals surface area contributed by atoms with E-state index in [2.05, 4.69) is 57.6 Å². The van der Waals surface area contributed by atoms with E-state index in [1.54, 1.807) is 0 Å². The molecule has 1 aliphatic rings. The van der Waals surface area contributed by atoms with Crippen LogP contribution in [0.4, 0.5) is 0 Å². The molecule has 0 spiro atoms. The molecule has 170 valence electrons. The summed E-state index contributed by atoms with van der Waals surface area (Å²) < 4.78 is 32.8. The first-order valence-electron chi connectivity index (χ1n) is 11.1. The molecule has 0 saturated carbocycles. The first kappa shape index (κ1) is 23.5. The second-order valence-corrected chi connectivity index (χ2v) is 9.82. The molecule has 1 aliphatic heterocycles. The number of nitrogens with zero attached hydrogens (tertiary/aromatic N) is 1. The SMILES string of the molecule is CCNC(=NCCS(=O)(=O)NCC1CCCCO1)NC(C)c1ccc2ccccc2c1. The van der Waals surface area contributed by atoms with Crippen molar-refractivity contribution in [2.45, 2.75) is 45.3 Å². The van der Waals surface area contributed by atoms with Crippen LogP contribution in [0.15, 0.2) is 47.5 Å². The zero-order valence-electron chi connectivity index (χ0n) is 18.4. The fraction of sp³-hybridized carbons (Fsp3) is 0.522. The average molecular weight is 447 g/mol. The molecule has 0 bridgehead atoms. The maximum Gasteiger partial charge on any atom is 0.213 e. The number of hydrogen-bond donors (Lipinski definition) is 3. The molecule has 0 radical (unpaired) electrons. The van der Waals surface area contributed by atoms with E-state index in [4.69, 9.17) is 4.74 Å². The van der Waals surface area contributed by atoms with E-state index >= 15 is 0 Å². The normalized spacial score (nSPS) is 18.6. The van der Waals surface area contributed by atoms with Crippen LogP contribution in [0.3, 0.4) is 0 Å². The van der Waals surface area contributed by atoms with Gasteiger partial charge >= 0.3 is 0 Å². The minimum absolute atomic E-state index is 0.0196. The van der Waals surface area contributed by atoms with Gasteiger partial charge in [-0.3, -0.25) is 4.99 Å². The molecule has 1 heterocycles. The molecule has 0 aromatic heterocycles. The number of sulfonamides is 1. The smallest absolute Gasteiger partial charge is 0.213 e. The summed E-state index contributed by atoms with van der Waals surface area (Å²) in [5.74, 6) is 0.551. The molecule has 7 nitrogen and oxygen atoms in total. The van der Waals surface area contributed by atoms with Crippen LogP contribution in [0.2, 0.25) is 0 Å². The third-order valence-corrected chi connectivity index (χ3v) is 6.73. The van der Waals surface area contributed by atoms with Gasteiger partial charge in [-0.25, -0.2) is 13.1 Å². The first-order valence-corrected chi connectivity index (χ1v) is 12.7. The molecule has 1 fully saturated rings. The van der Waals surface area contributed by atoms with Gasteiger partial charge in [-0.15, -0.1) is 0 Å². The molecule has 3 rings (SSSR count). The van der Waals surface area contributed by atoms with E-state index in [1.807, 2.05) is 19.1 Å². The van der Waals surface area contributed by atoms with Crippen LogP contribution in [0.25, 0.3) is 10.8 Å². The van der Waals surface area contributed by atoms with Crippen molar-refractivity contribution in [3.05, 3.63) is 48.0 Å². The minimum Gasteiger partial charge on any atom is -0.377 e. The second kappa shape index (κ2) is 11.5. The molecule has 3 N–H and O–H groups in total. The maximum absolute atomic E-state index is 12.3. The Morgan fingerprint density at radius 1 is 1.19 bits per heavy atom. The first-order chi connectivity index (χ1) is 15.0. The summed E-state index contributed by atoms with van der Waals surface area (Å²) in [4.78, 5) is 4.47. The lowest BCUT2D eigenvalue weighted by Gasteiger charge is -2.22. The largest absolute Gasteiger partial charge is 0.377 e. The predicted molar refractivity (Wildman–Crippen MR) is 127 cm³/mol. The third kappa shape index (κ3) is 7.48. The highest BCUT2D eigenvalue weighted by molar-refractivity contribution is 7.89. The van der Waals surface area contributed by atoms with Gasteiger partial charge in [-0.1, -0.05) is 36.4 Å². The Kier molecular flexibility index (Phi) is 8.69. The van der Waals surface area contributed by atoms with Gasteiger partial charge in [-0.2, -0.15) is 0 Å². The topological polar surface area (TPSA) is 91.8 Å². The highest BCUT2D eigenvalue weighted by Gasteiger charge is 2.17. The quantitative estimate of drug-likeness (QED) is 0.407. The van der Waals surface area contributed by atoms with Gasteiger partial charge in [0.2, 0.25) is 10.0 Å². The molecule has 0 amide bonds. The fourth-order valence-electron chi connectivity index (χ4n) is 3.62. The van der Waals surface area contributed by atoms with Gasteiger partial charge in [-0.05, 0) is 55.5 Å². The van der Waals surface area contributed by atoms with E-state index in [0.29, 0.717) is 25.7 Å². The van der Waals surface area contributed by atoms with E-state index in [1.165, 1.54) is 10.8 Å². The lowest BCUT2D eigenvalue weighted by atomic mass is 10.0. The van der Waals surface area contributed by atoms with Crippen molar-refractivity contribution in [2.75, 3.05) is 32.0 Å². The number of hydrogen-bond acceptors (Lipinski definition) is 4. The van der Waals surface area contributed by atoms with Crippen molar-refractivity contribution in [1.29, 1.82) is 0 Å². The number of aliphatic imine (C=N–C) groups is 1. The van der Waals surface area contributed by atoms with Crippen LogP contribution < -0.4 is 15.4 Å². The van der Waals surface area contributed by atoms with Gasteiger partial charge in [0.15, 0.2) is 5.96 Å². The number of rotatable bonds is 9. The number of fused-ring (bicyclic) bond motifs is 1. The van der Waals surface area contributed by atoms with Gasteiger partial charge in [0.25, 0.3) is 0 Å². The maximum atomic E-state index is 12.3. The van der Waals surface area contributed by atoms with E-state index in [9.17, 15) is 8.42 Å². The highest BCUT2D eigenvalue weighted by atomic mass is 32.2. The Morgan fingerprint density at radius 3 is 2.74 bits per heavy atom. The van der Waals surface area contributed by atoms with Gasteiger partial charge in [0.05, 0.1) is 24.4 Å². The summed E-state index contributed by atoms with van der Waals surface area (Å²) in [6, 6.07) is 14.7. The zero-order chi connectivity index (χ0) is 22.1. The van der Waals surface area contributed by atoms with E-state index in [-0.39, 0.29) is 24.4 Å². The summed E-state index contributed by atoms with van der Waals surface area (Å²) in [6.45, 7) is 5.98. The van der Waals surface area contributed by atoms with Crippen molar-refractivity contribution in [2.24, 2.45) is 4.99 Å². The number of ether oxygens (including phenoxy) is 1. The van der Waals surface area contributed by atoms with Crippen LogP contribution in [0, 0.1) is 0 Å². The van der Waals surface area contributed by atoms with Crippen LogP contribution in [-0.2, 0) is 14.8 Å². The van der Waals surface area contributed by atoms with Gasteiger partial charge in [0.1, 0.15) is 0 Å². The molecule has 8 heteroatoms. The molecule has 1 saturated heterocycles. The van der Waals surface area contributed by atoms with Gasteiger partial charge < -0.3 is 15.4 Å². The Balaban J connectivity index is 1.54. The van der Waals surface area contributed by atoms with E-state index < -0.39 is 10.0 Å². The van der Waals surface area contributed by atoms with Crippen molar-refractivity contribution >= 4 is 26.8 Å². The van der Waals surface area contributed by atoms with Crippen molar-refractivity contribution in [1.82, 2.24) is 15.4 Å². The molecular weight excluding hydrogens is 412 g/mol. The van der Waals surface area contributed by atoms with Crippen LogP contribution in [0.5, 0.6) is 0 Å². The summed E-state index contributed by atoms with van der Waals surface area (Å²) >= 11 is 0. The average Bonchev–Trinajstić information content (AvgIpc) is 2.78. The summed E-state index contributed by atoms with van der Waals surface area (Å²) in [7, 11) is -3.39. The number of benzene rings is 2. The fourth-order valence-corrected chi connectivity index (χ4v) is 4.54. The predicted octanol–water partition coefficient (Wildman–Crippen LogP) is 2.94. The standard InChI is InChI=1S/C23H34N4O3S/c1-3-24-23(25-13-15-31(28,29)26-17-22-10-6-7-14-30-22)27-18(2)20-12-11-19-8-4-5-9-21(19)16-20/h4-5,8-9,11-12,16,18,22,26H,3,6-7,10,13-15,17H2,1-2H3,(H2,24,25,27). The molecule has 2 atom stereocenters. The van der Waals surface area contributed by atoms with Crippen LogP contribution in [-0.4, -0.2) is 52.5 Å². The Labute approximate surface area is 185 Å². The molecule has 2 aromatic rings. The Bertz CT molecular complexity index is 972. The molecule has 0 aliphatic carbocycles. The lowest BCUT2D eigenvalue weighted by molar-refractivity contribution is 0.0200. The number of guanidine groups is 1. The summed E-state index contributed by atoms with van der Waals surface area (Å²) in [5, 5.41) is 8.96. The minimum atomic E-state index is -3.39. The summed E-state index contributed by atoms with van der Waals surface area (Å²) in [6.07, 6.45) is 3.02. The molecule has 31 heavy (non-hydrogen) atoms. The van der Waals surface area contributed by atoms with Gasteiger partial charge in [0, 0.05) is 19.7 Å². The van der Waals surface area contributed by atoms with Crippen LogP contribution >= 0.6 is 0 Å². The molecular formula is C23H34N4O3S.